The zero-order valence-electron chi connectivity index (χ0n) is 13.4. The van der Waals surface area contributed by atoms with E-state index in [1.54, 1.807) is 14.2 Å². The molecule has 0 radical (unpaired) electrons. The van der Waals surface area contributed by atoms with Gasteiger partial charge in [-0.1, -0.05) is 13.0 Å². The maximum absolute atomic E-state index is 11.5. The van der Waals surface area contributed by atoms with Gasteiger partial charge >= 0.3 is 0 Å². The van der Waals surface area contributed by atoms with E-state index in [1.807, 2.05) is 25.1 Å². The van der Waals surface area contributed by atoms with E-state index in [9.17, 15) is 4.79 Å². The molecule has 118 valence electrons. The van der Waals surface area contributed by atoms with E-state index in [0.29, 0.717) is 6.54 Å². The van der Waals surface area contributed by atoms with Gasteiger partial charge in [0.25, 0.3) is 0 Å². The second-order valence-electron chi connectivity index (χ2n) is 5.03. The summed E-state index contributed by atoms with van der Waals surface area (Å²) in [7, 11) is 3.25. The van der Waals surface area contributed by atoms with Gasteiger partial charge in [-0.15, -0.1) is 0 Å². The van der Waals surface area contributed by atoms with Gasteiger partial charge in [-0.2, -0.15) is 0 Å². The van der Waals surface area contributed by atoms with Crippen molar-refractivity contribution in [2.75, 3.05) is 27.3 Å². The Morgan fingerprint density at radius 1 is 1.24 bits per heavy atom. The fraction of sp³-hybridized carbons (Fsp3) is 0.562. The number of hydrogen-bond donors (Lipinski definition) is 2. The maximum atomic E-state index is 11.5. The average molecular weight is 294 g/mol. The fourth-order valence-electron chi connectivity index (χ4n) is 2.03. The largest absolute Gasteiger partial charge is 0.493 e. The van der Waals surface area contributed by atoms with Crippen LogP contribution in [0.2, 0.25) is 0 Å². The summed E-state index contributed by atoms with van der Waals surface area (Å²) < 4.78 is 10.5. The van der Waals surface area contributed by atoms with Crippen LogP contribution in [-0.4, -0.2) is 39.3 Å². The van der Waals surface area contributed by atoms with E-state index in [0.717, 1.165) is 36.4 Å². The Balaban J connectivity index is 2.47. The van der Waals surface area contributed by atoms with Crippen LogP contribution >= 0.6 is 0 Å². The van der Waals surface area contributed by atoms with Gasteiger partial charge in [0, 0.05) is 12.6 Å². The zero-order chi connectivity index (χ0) is 15.7. The summed E-state index contributed by atoms with van der Waals surface area (Å²) in [4.78, 5) is 11.5. The monoisotopic (exact) mass is 294 g/mol. The number of carbonyl (C=O) groups is 1. The summed E-state index contributed by atoms with van der Waals surface area (Å²) in [6.45, 7) is 5.16. The molecular weight excluding hydrogens is 268 g/mol. The Bertz CT molecular complexity index is 449. The molecule has 0 fully saturated rings. The van der Waals surface area contributed by atoms with Crippen molar-refractivity contribution in [1.29, 1.82) is 0 Å². The van der Waals surface area contributed by atoms with E-state index < -0.39 is 0 Å². The Hall–Kier alpha value is -1.75. The number of hydrogen-bond acceptors (Lipinski definition) is 4. The lowest BCUT2D eigenvalue weighted by Gasteiger charge is -2.15. The van der Waals surface area contributed by atoms with Crippen molar-refractivity contribution in [3.63, 3.8) is 0 Å². The minimum Gasteiger partial charge on any atom is -0.493 e. The highest BCUT2D eigenvalue weighted by Gasteiger charge is 2.09. The molecule has 1 atom stereocenters. The smallest absolute Gasteiger partial charge is 0.233 e. The molecule has 0 aliphatic rings. The van der Waals surface area contributed by atoms with Crippen LogP contribution in [0.5, 0.6) is 11.5 Å². The fourth-order valence-corrected chi connectivity index (χ4v) is 2.03. The van der Waals surface area contributed by atoms with Gasteiger partial charge in [0.15, 0.2) is 11.5 Å². The molecule has 1 amide bonds. The highest BCUT2D eigenvalue weighted by Crippen LogP contribution is 2.27. The number of nitrogens with one attached hydrogen (secondary N) is 2. The average Bonchev–Trinajstić information content (AvgIpc) is 2.50. The normalized spacial score (nSPS) is 11.8. The van der Waals surface area contributed by atoms with Gasteiger partial charge in [0.2, 0.25) is 5.91 Å². The first-order chi connectivity index (χ1) is 10.1. The van der Waals surface area contributed by atoms with Crippen LogP contribution in [0, 0.1) is 0 Å². The molecule has 1 rings (SSSR count). The SMILES string of the molecule is CCCNC(=O)CNC(C)Cc1ccc(OC)c(OC)c1. The molecule has 0 spiro atoms. The molecule has 5 nitrogen and oxygen atoms in total. The third-order valence-corrected chi connectivity index (χ3v) is 3.17. The van der Waals surface area contributed by atoms with Crippen LogP contribution in [0.1, 0.15) is 25.8 Å². The molecular formula is C16H26N2O3. The molecule has 5 heteroatoms. The minimum atomic E-state index is 0.0380. The molecule has 0 saturated heterocycles. The minimum absolute atomic E-state index is 0.0380. The standard InChI is InChI=1S/C16H26N2O3/c1-5-8-17-16(19)11-18-12(2)9-13-6-7-14(20-3)15(10-13)21-4/h6-7,10,12,18H,5,8-9,11H2,1-4H3,(H,17,19). The van der Waals surface area contributed by atoms with E-state index in [-0.39, 0.29) is 11.9 Å². The van der Waals surface area contributed by atoms with Gasteiger partial charge in [-0.05, 0) is 37.5 Å². The summed E-state index contributed by atoms with van der Waals surface area (Å²) in [6.07, 6.45) is 1.77. The highest BCUT2D eigenvalue weighted by molar-refractivity contribution is 5.77. The lowest BCUT2D eigenvalue weighted by Crippen LogP contribution is -2.39. The van der Waals surface area contributed by atoms with Gasteiger partial charge in [-0.25, -0.2) is 0 Å². The summed E-state index contributed by atoms with van der Waals surface area (Å²) in [5, 5.41) is 6.07. The van der Waals surface area contributed by atoms with Crippen molar-refractivity contribution in [2.24, 2.45) is 0 Å². The third kappa shape index (κ3) is 6.04. The topological polar surface area (TPSA) is 59.6 Å². The van der Waals surface area contributed by atoms with Crippen LogP contribution in [0.3, 0.4) is 0 Å². The number of rotatable bonds is 9. The zero-order valence-corrected chi connectivity index (χ0v) is 13.4. The van der Waals surface area contributed by atoms with Gasteiger partial charge in [0.1, 0.15) is 0 Å². The van der Waals surface area contributed by atoms with Gasteiger partial charge in [-0.3, -0.25) is 4.79 Å². The Morgan fingerprint density at radius 3 is 2.57 bits per heavy atom. The molecule has 0 heterocycles. The van der Waals surface area contributed by atoms with E-state index in [1.165, 1.54) is 0 Å². The Labute approximate surface area is 127 Å². The van der Waals surface area contributed by atoms with Crippen molar-refractivity contribution in [1.82, 2.24) is 10.6 Å². The summed E-state index contributed by atoms with van der Waals surface area (Å²) >= 11 is 0. The summed E-state index contributed by atoms with van der Waals surface area (Å²) in [5.74, 6) is 1.49. The first-order valence-electron chi connectivity index (χ1n) is 7.31. The molecule has 1 aromatic rings. The molecule has 0 bridgehead atoms. The number of amides is 1. The van der Waals surface area contributed by atoms with Crippen LogP contribution in [-0.2, 0) is 11.2 Å². The van der Waals surface area contributed by atoms with Crippen LogP contribution < -0.4 is 20.1 Å². The quantitative estimate of drug-likeness (QED) is 0.728. The first kappa shape index (κ1) is 17.3. The van der Waals surface area contributed by atoms with Crippen LogP contribution in [0.15, 0.2) is 18.2 Å². The Kier molecular flexibility index (Phi) is 7.61. The van der Waals surface area contributed by atoms with Crippen molar-refractivity contribution >= 4 is 5.91 Å². The van der Waals surface area contributed by atoms with Crippen LogP contribution in [0.4, 0.5) is 0 Å². The predicted molar refractivity (Wildman–Crippen MR) is 84.0 cm³/mol. The summed E-state index contributed by atoms with van der Waals surface area (Å²) in [6, 6.07) is 6.08. The molecule has 0 aromatic heterocycles. The molecule has 0 aliphatic carbocycles. The van der Waals surface area contributed by atoms with Crippen LogP contribution in [0.25, 0.3) is 0 Å². The van der Waals surface area contributed by atoms with Gasteiger partial charge in [0.05, 0.1) is 20.8 Å². The van der Waals surface area contributed by atoms with Crippen molar-refractivity contribution in [2.45, 2.75) is 32.7 Å². The Morgan fingerprint density at radius 2 is 1.95 bits per heavy atom. The van der Waals surface area contributed by atoms with E-state index in [4.69, 9.17) is 9.47 Å². The molecule has 0 saturated carbocycles. The van der Waals surface area contributed by atoms with Crippen molar-refractivity contribution < 1.29 is 14.3 Å². The third-order valence-electron chi connectivity index (χ3n) is 3.17. The summed E-state index contributed by atoms with van der Waals surface area (Å²) in [5.41, 5.74) is 1.14. The molecule has 21 heavy (non-hydrogen) atoms. The second kappa shape index (κ2) is 9.23. The molecule has 1 unspecified atom stereocenters. The molecule has 2 N–H and O–H groups in total. The van der Waals surface area contributed by atoms with Crippen molar-refractivity contribution in [3.8, 4) is 11.5 Å². The number of benzene rings is 1. The first-order valence-corrected chi connectivity index (χ1v) is 7.31. The van der Waals surface area contributed by atoms with Crippen molar-refractivity contribution in [3.05, 3.63) is 23.8 Å². The van der Waals surface area contributed by atoms with Gasteiger partial charge < -0.3 is 20.1 Å². The predicted octanol–water partition coefficient (Wildman–Crippen LogP) is 1.75. The lowest BCUT2D eigenvalue weighted by atomic mass is 10.1. The van der Waals surface area contributed by atoms with E-state index in [2.05, 4.69) is 17.6 Å². The highest BCUT2D eigenvalue weighted by atomic mass is 16.5. The molecule has 1 aromatic carbocycles. The second-order valence-corrected chi connectivity index (χ2v) is 5.03. The number of methoxy groups -OCH3 is 2. The lowest BCUT2D eigenvalue weighted by molar-refractivity contribution is -0.120. The molecule has 0 aliphatic heterocycles. The number of ether oxygens (including phenoxy) is 2. The van der Waals surface area contributed by atoms with E-state index >= 15 is 0 Å². The maximum Gasteiger partial charge on any atom is 0.233 e. The number of carbonyl (C=O) groups excluding carboxylic acids is 1.